The summed E-state index contributed by atoms with van der Waals surface area (Å²) in [6.45, 7) is 1.60. The van der Waals surface area contributed by atoms with Gasteiger partial charge in [-0.3, -0.25) is 14.3 Å². The molecule has 21 heavy (non-hydrogen) atoms. The number of nitro benzene ring substituents is 1. The van der Waals surface area contributed by atoms with Crippen molar-refractivity contribution >= 4 is 32.2 Å². The molecule has 0 amide bonds. The van der Waals surface area contributed by atoms with E-state index in [1.807, 2.05) is 0 Å². The van der Waals surface area contributed by atoms with Gasteiger partial charge in [0.05, 0.1) is 4.92 Å². The molecule has 1 aromatic carbocycles. The van der Waals surface area contributed by atoms with Gasteiger partial charge in [-0.05, 0) is 25.5 Å². The molecule has 1 rings (SSSR count). The van der Waals surface area contributed by atoms with Gasteiger partial charge < -0.3 is 5.73 Å². The van der Waals surface area contributed by atoms with Gasteiger partial charge in [0.1, 0.15) is 0 Å². The highest BCUT2D eigenvalue weighted by molar-refractivity contribution is 7.89. The van der Waals surface area contributed by atoms with Gasteiger partial charge in [-0.2, -0.15) is 0 Å². The lowest BCUT2D eigenvalue weighted by Crippen LogP contribution is -2.33. The number of nitrogens with zero attached hydrogens (tertiary/aromatic N) is 1. The first-order valence-corrected chi connectivity index (χ1v) is 9.21. The number of anilines is 1. The third kappa shape index (κ3) is 5.06. The van der Waals surface area contributed by atoms with Gasteiger partial charge in [-0.25, -0.2) is 13.1 Å². The SMILES string of the molecule is CC(CCS(C)=O)NS(=O)(=O)c1ccc(N)cc1[N+](=O)[O-]. The summed E-state index contributed by atoms with van der Waals surface area (Å²) in [4.78, 5) is 9.71. The Morgan fingerprint density at radius 3 is 2.62 bits per heavy atom. The van der Waals surface area contributed by atoms with Crippen molar-refractivity contribution in [1.82, 2.24) is 4.72 Å². The molecule has 2 atom stereocenters. The van der Waals surface area contributed by atoms with Crippen LogP contribution in [0.1, 0.15) is 13.3 Å². The van der Waals surface area contributed by atoms with Crippen LogP contribution in [-0.4, -0.2) is 35.6 Å². The second-order valence-electron chi connectivity index (χ2n) is 4.57. The molecule has 3 N–H and O–H groups in total. The fourth-order valence-electron chi connectivity index (χ4n) is 1.63. The molecule has 0 bridgehead atoms. The molecule has 0 saturated carbocycles. The molecule has 0 saturated heterocycles. The molecule has 0 fully saturated rings. The van der Waals surface area contributed by atoms with E-state index in [1.165, 1.54) is 12.3 Å². The molecule has 10 heteroatoms. The van der Waals surface area contributed by atoms with Crippen LogP contribution in [0.4, 0.5) is 11.4 Å². The molecular formula is C11H17N3O5S2. The van der Waals surface area contributed by atoms with Crippen LogP contribution in [-0.2, 0) is 20.8 Å². The van der Waals surface area contributed by atoms with Crippen molar-refractivity contribution in [1.29, 1.82) is 0 Å². The zero-order chi connectivity index (χ0) is 16.2. The Kier molecular flexibility index (Phi) is 5.81. The van der Waals surface area contributed by atoms with E-state index in [2.05, 4.69) is 4.72 Å². The van der Waals surface area contributed by atoms with Gasteiger partial charge >= 0.3 is 0 Å². The first-order valence-electron chi connectivity index (χ1n) is 5.99. The van der Waals surface area contributed by atoms with Gasteiger partial charge in [0, 0.05) is 40.6 Å². The van der Waals surface area contributed by atoms with Crippen molar-refractivity contribution in [3.63, 3.8) is 0 Å². The van der Waals surface area contributed by atoms with Crippen LogP contribution < -0.4 is 10.5 Å². The van der Waals surface area contributed by atoms with Crippen molar-refractivity contribution in [3.8, 4) is 0 Å². The zero-order valence-electron chi connectivity index (χ0n) is 11.6. The second kappa shape index (κ2) is 6.96. The molecule has 8 nitrogen and oxygen atoms in total. The summed E-state index contributed by atoms with van der Waals surface area (Å²) in [7, 11) is -5.08. The maximum absolute atomic E-state index is 12.2. The summed E-state index contributed by atoms with van der Waals surface area (Å²) >= 11 is 0. The van der Waals surface area contributed by atoms with E-state index >= 15 is 0 Å². The normalized spacial score (nSPS) is 14.6. The number of rotatable bonds is 7. The summed E-state index contributed by atoms with van der Waals surface area (Å²) in [5, 5.41) is 10.9. The lowest BCUT2D eigenvalue weighted by molar-refractivity contribution is -0.387. The number of nitrogens with two attached hydrogens (primary N) is 1. The molecule has 1 aromatic rings. The van der Waals surface area contributed by atoms with Gasteiger partial charge in [-0.15, -0.1) is 0 Å². The number of nitro groups is 1. The van der Waals surface area contributed by atoms with Crippen molar-refractivity contribution in [2.45, 2.75) is 24.3 Å². The molecule has 0 spiro atoms. The van der Waals surface area contributed by atoms with E-state index < -0.39 is 42.4 Å². The fraction of sp³-hybridized carbons (Fsp3) is 0.455. The number of hydrogen-bond donors (Lipinski definition) is 2. The Balaban J connectivity index is 3.03. The molecule has 0 aliphatic rings. The van der Waals surface area contributed by atoms with Crippen LogP contribution in [0.25, 0.3) is 0 Å². The Morgan fingerprint density at radius 2 is 2.10 bits per heavy atom. The van der Waals surface area contributed by atoms with E-state index in [0.717, 1.165) is 12.1 Å². The van der Waals surface area contributed by atoms with Crippen molar-refractivity contribution < 1.29 is 17.6 Å². The Labute approximate surface area is 125 Å². The molecule has 0 heterocycles. The highest BCUT2D eigenvalue weighted by Crippen LogP contribution is 2.26. The smallest absolute Gasteiger partial charge is 0.291 e. The molecule has 118 valence electrons. The summed E-state index contributed by atoms with van der Waals surface area (Å²) < 4.78 is 37.7. The molecule has 0 radical (unpaired) electrons. The Bertz CT molecular complexity index is 660. The van der Waals surface area contributed by atoms with Crippen LogP contribution in [0.3, 0.4) is 0 Å². The Morgan fingerprint density at radius 1 is 1.48 bits per heavy atom. The van der Waals surface area contributed by atoms with Gasteiger partial charge in [0.2, 0.25) is 10.0 Å². The van der Waals surface area contributed by atoms with E-state index in [4.69, 9.17) is 5.73 Å². The summed E-state index contributed by atoms with van der Waals surface area (Å²) in [5.74, 6) is 0.341. The van der Waals surface area contributed by atoms with Crippen molar-refractivity contribution in [3.05, 3.63) is 28.3 Å². The number of sulfonamides is 1. The van der Waals surface area contributed by atoms with Crippen molar-refractivity contribution in [2.24, 2.45) is 0 Å². The average Bonchev–Trinajstić information content (AvgIpc) is 2.35. The average molecular weight is 335 g/mol. The lowest BCUT2D eigenvalue weighted by Gasteiger charge is -2.13. The highest BCUT2D eigenvalue weighted by atomic mass is 32.2. The third-order valence-electron chi connectivity index (χ3n) is 2.66. The minimum atomic E-state index is -4.05. The highest BCUT2D eigenvalue weighted by Gasteiger charge is 2.27. The van der Waals surface area contributed by atoms with Crippen LogP contribution in [0.2, 0.25) is 0 Å². The Hall–Kier alpha value is -1.52. The van der Waals surface area contributed by atoms with E-state index in [0.29, 0.717) is 12.2 Å². The zero-order valence-corrected chi connectivity index (χ0v) is 13.2. The quantitative estimate of drug-likeness (QED) is 0.426. The van der Waals surface area contributed by atoms with Crippen molar-refractivity contribution in [2.75, 3.05) is 17.7 Å². The summed E-state index contributed by atoms with van der Waals surface area (Å²) in [5.41, 5.74) is 4.97. The maximum Gasteiger partial charge on any atom is 0.291 e. The largest absolute Gasteiger partial charge is 0.399 e. The van der Waals surface area contributed by atoms with Crippen LogP contribution >= 0.6 is 0 Å². The van der Waals surface area contributed by atoms with E-state index in [1.54, 1.807) is 6.92 Å². The van der Waals surface area contributed by atoms with Crippen LogP contribution in [0, 0.1) is 10.1 Å². The standard InChI is InChI=1S/C11H17N3O5S2/c1-8(5-6-20(2)17)13-21(18,19)11-4-3-9(12)7-10(11)14(15)16/h3-4,7-8,13H,5-6,12H2,1-2H3. The third-order valence-corrected chi connectivity index (χ3v) is 5.11. The van der Waals surface area contributed by atoms with E-state index in [9.17, 15) is 22.7 Å². The van der Waals surface area contributed by atoms with Gasteiger partial charge in [0.25, 0.3) is 5.69 Å². The van der Waals surface area contributed by atoms with E-state index in [-0.39, 0.29) is 5.69 Å². The monoisotopic (exact) mass is 335 g/mol. The molecule has 0 aliphatic heterocycles. The number of nitrogens with one attached hydrogen (secondary N) is 1. The molecular weight excluding hydrogens is 318 g/mol. The number of benzene rings is 1. The fourth-order valence-corrected chi connectivity index (χ4v) is 3.75. The summed E-state index contributed by atoms with van der Waals surface area (Å²) in [6, 6.07) is 2.89. The van der Waals surface area contributed by atoms with Gasteiger partial charge in [-0.1, -0.05) is 0 Å². The second-order valence-corrected chi connectivity index (χ2v) is 7.81. The maximum atomic E-state index is 12.2. The summed E-state index contributed by atoms with van der Waals surface area (Å²) in [6.07, 6.45) is 1.89. The minimum absolute atomic E-state index is 0.107. The topological polar surface area (TPSA) is 132 Å². The van der Waals surface area contributed by atoms with Crippen LogP contribution in [0.15, 0.2) is 23.1 Å². The first kappa shape index (κ1) is 17.5. The number of nitrogen functional groups attached to an aromatic ring is 1. The molecule has 0 aliphatic carbocycles. The van der Waals surface area contributed by atoms with Crippen LogP contribution in [0.5, 0.6) is 0 Å². The predicted molar refractivity (Wildman–Crippen MR) is 80.8 cm³/mol. The first-order chi connectivity index (χ1) is 9.63. The molecule has 0 aromatic heterocycles. The predicted octanol–water partition coefficient (Wildman–Crippen LogP) is 0.612. The number of hydrogen-bond acceptors (Lipinski definition) is 6. The lowest BCUT2D eigenvalue weighted by atomic mass is 10.3. The minimum Gasteiger partial charge on any atom is -0.399 e. The van der Waals surface area contributed by atoms with Gasteiger partial charge in [0.15, 0.2) is 4.90 Å². The molecule has 2 unspecified atom stereocenters.